The quantitative estimate of drug-likeness (QED) is 0.855. The van der Waals surface area contributed by atoms with Crippen molar-refractivity contribution in [1.29, 1.82) is 0 Å². The maximum atomic E-state index is 11.9. The highest BCUT2D eigenvalue weighted by atomic mass is 16.5. The lowest BCUT2D eigenvalue weighted by Crippen LogP contribution is -2.31. The van der Waals surface area contributed by atoms with Crippen molar-refractivity contribution in [2.45, 2.75) is 46.1 Å². The predicted molar refractivity (Wildman–Crippen MR) is 79.8 cm³/mol. The second kappa shape index (κ2) is 6.73. The summed E-state index contributed by atoms with van der Waals surface area (Å²) >= 11 is 0. The van der Waals surface area contributed by atoms with Crippen LogP contribution in [0.1, 0.15) is 50.4 Å². The fraction of sp³-hybridized carbons (Fsp3) is 0.625. The normalized spacial score (nSPS) is 26.1. The molecule has 0 saturated heterocycles. The number of pyridine rings is 1. The van der Waals surface area contributed by atoms with Crippen molar-refractivity contribution >= 4 is 11.8 Å². The first-order valence-corrected chi connectivity index (χ1v) is 7.48. The third-order valence-corrected chi connectivity index (χ3v) is 3.82. The van der Waals surface area contributed by atoms with Crippen LogP contribution >= 0.6 is 0 Å². The third kappa shape index (κ3) is 3.71. The average Bonchev–Trinajstić information content (AvgIpc) is 2.38. The van der Waals surface area contributed by atoms with E-state index in [4.69, 9.17) is 4.74 Å². The molecule has 1 aromatic heterocycles. The lowest BCUT2D eigenvalue weighted by molar-refractivity contribution is 0.0527. The van der Waals surface area contributed by atoms with E-state index in [-0.39, 0.29) is 5.97 Å². The van der Waals surface area contributed by atoms with Crippen LogP contribution in [0.15, 0.2) is 18.3 Å². The van der Waals surface area contributed by atoms with Gasteiger partial charge in [-0.25, -0.2) is 9.78 Å². The number of hydrogen-bond donors (Lipinski definition) is 1. The van der Waals surface area contributed by atoms with Gasteiger partial charge in [-0.2, -0.15) is 0 Å². The van der Waals surface area contributed by atoms with E-state index in [2.05, 4.69) is 24.1 Å². The van der Waals surface area contributed by atoms with Crippen LogP contribution in [0.3, 0.4) is 0 Å². The summed E-state index contributed by atoms with van der Waals surface area (Å²) in [5.74, 6) is 1.77. The second-order valence-electron chi connectivity index (χ2n) is 5.88. The van der Waals surface area contributed by atoms with Gasteiger partial charge in [-0.15, -0.1) is 0 Å². The number of anilines is 1. The molecule has 0 aliphatic heterocycles. The highest BCUT2D eigenvalue weighted by molar-refractivity contribution is 5.94. The SMILES string of the molecule is CCOC(=O)c1cccnc1NC1CC(C)CC(C)C1. The first kappa shape index (κ1) is 14.8. The Morgan fingerprint density at radius 1 is 1.35 bits per heavy atom. The van der Waals surface area contributed by atoms with Crippen molar-refractivity contribution in [2.24, 2.45) is 11.8 Å². The van der Waals surface area contributed by atoms with Gasteiger partial charge in [0.2, 0.25) is 0 Å². The van der Waals surface area contributed by atoms with Crippen LogP contribution in [-0.4, -0.2) is 23.6 Å². The molecule has 0 aromatic carbocycles. The van der Waals surface area contributed by atoms with Crippen LogP contribution in [0.4, 0.5) is 5.82 Å². The largest absolute Gasteiger partial charge is 0.462 e. The fourth-order valence-electron chi connectivity index (χ4n) is 3.15. The summed E-state index contributed by atoms with van der Waals surface area (Å²) in [5.41, 5.74) is 0.528. The lowest BCUT2D eigenvalue weighted by atomic mass is 9.80. The average molecular weight is 276 g/mol. The van der Waals surface area contributed by atoms with Crippen molar-refractivity contribution < 1.29 is 9.53 Å². The molecule has 0 bridgehead atoms. The molecule has 0 spiro atoms. The minimum Gasteiger partial charge on any atom is -0.462 e. The Morgan fingerprint density at radius 3 is 2.70 bits per heavy atom. The van der Waals surface area contributed by atoms with E-state index in [9.17, 15) is 4.79 Å². The van der Waals surface area contributed by atoms with Gasteiger partial charge in [-0.3, -0.25) is 0 Å². The van der Waals surface area contributed by atoms with Gasteiger partial charge < -0.3 is 10.1 Å². The van der Waals surface area contributed by atoms with Crippen LogP contribution < -0.4 is 5.32 Å². The summed E-state index contributed by atoms with van der Waals surface area (Å²) in [7, 11) is 0. The maximum absolute atomic E-state index is 11.9. The van der Waals surface area contributed by atoms with Crippen LogP contribution in [0, 0.1) is 11.8 Å². The third-order valence-electron chi connectivity index (χ3n) is 3.82. The monoisotopic (exact) mass is 276 g/mol. The highest BCUT2D eigenvalue weighted by Crippen LogP contribution is 2.30. The van der Waals surface area contributed by atoms with Crippen molar-refractivity contribution in [3.05, 3.63) is 23.9 Å². The molecule has 2 atom stereocenters. The van der Waals surface area contributed by atoms with Gasteiger partial charge >= 0.3 is 5.97 Å². The molecule has 1 fully saturated rings. The molecule has 4 heteroatoms. The van der Waals surface area contributed by atoms with E-state index in [1.54, 1.807) is 18.3 Å². The van der Waals surface area contributed by atoms with Crippen LogP contribution in [-0.2, 0) is 4.74 Å². The standard InChI is InChI=1S/C16H24N2O2/c1-4-20-16(19)14-6-5-7-17-15(14)18-13-9-11(2)8-12(3)10-13/h5-7,11-13H,4,8-10H2,1-3H3,(H,17,18). The van der Waals surface area contributed by atoms with Gasteiger partial charge in [0.15, 0.2) is 0 Å². The van der Waals surface area contributed by atoms with Crippen molar-refractivity contribution in [3.63, 3.8) is 0 Å². The van der Waals surface area contributed by atoms with Gasteiger partial charge in [-0.05, 0) is 50.2 Å². The number of carbonyl (C=O) groups is 1. The van der Waals surface area contributed by atoms with Gasteiger partial charge in [0.05, 0.1) is 6.61 Å². The van der Waals surface area contributed by atoms with Crippen molar-refractivity contribution in [3.8, 4) is 0 Å². The number of aromatic nitrogens is 1. The summed E-state index contributed by atoms with van der Waals surface area (Å²) < 4.78 is 5.08. The predicted octanol–water partition coefficient (Wildman–Crippen LogP) is 3.49. The van der Waals surface area contributed by atoms with Gasteiger partial charge in [0, 0.05) is 12.2 Å². The zero-order valence-corrected chi connectivity index (χ0v) is 12.6. The Hall–Kier alpha value is -1.58. The maximum Gasteiger partial charge on any atom is 0.341 e. The lowest BCUT2D eigenvalue weighted by Gasteiger charge is -2.32. The van der Waals surface area contributed by atoms with E-state index in [1.807, 2.05) is 6.92 Å². The minimum atomic E-state index is -0.306. The fourth-order valence-corrected chi connectivity index (χ4v) is 3.15. The number of esters is 1. The molecule has 1 aromatic rings. The zero-order chi connectivity index (χ0) is 14.5. The molecular formula is C16H24N2O2. The Morgan fingerprint density at radius 2 is 2.05 bits per heavy atom. The number of nitrogens with one attached hydrogen (secondary N) is 1. The smallest absolute Gasteiger partial charge is 0.341 e. The summed E-state index contributed by atoms with van der Waals surface area (Å²) in [6.45, 7) is 6.76. The van der Waals surface area contributed by atoms with Gasteiger partial charge in [0.25, 0.3) is 0 Å². The first-order valence-electron chi connectivity index (χ1n) is 7.48. The molecule has 1 aliphatic rings. The topological polar surface area (TPSA) is 51.2 Å². The summed E-state index contributed by atoms with van der Waals surface area (Å²) in [5, 5.41) is 3.44. The molecular weight excluding hydrogens is 252 g/mol. The summed E-state index contributed by atoms with van der Waals surface area (Å²) in [4.78, 5) is 16.2. The van der Waals surface area contributed by atoms with E-state index in [0.717, 1.165) is 12.8 Å². The molecule has 1 N–H and O–H groups in total. The Kier molecular flexibility index (Phi) is 4.99. The molecule has 4 nitrogen and oxygen atoms in total. The molecule has 110 valence electrons. The Balaban J connectivity index is 2.10. The molecule has 20 heavy (non-hydrogen) atoms. The number of carbonyl (C=O) groups excluding carboxylic acids is 1. The highest BCUT2D eigenvalue weighted by Gasteiger charge is 2.25. The number of rotatable bonds is 4. The van der Waals surface area contributed by atoms with Crippen molar-refractivity contribution in [1.82, 2.24) is 4.98 Å². The molecule has 1 saturated carbocycles. The Bertz CT molecular complexity index is 452. The van der Waals surface area contributed by atoms with Crippen LogP contribution in [0.5, 0.6) is 0 Å². The van der Waals surface area contributed by atoms with Gasteiger partial charge in [-0.1, -0.05) is 13.8 Å². The van der Waals surface area contributed by atoms with Crippen LogP contribution in [0.2, 0.25) is 0 Å². The molecule has 0 radical (unpaired) electrons. The molecule has 2 unspecified atom stereocenters. The van der Waals surface area contributed by atoms with Crippen molar-refractivity contribution in [2.75, 3.05) is 11.9 Å². The second-order valence-corrected chi connectivity index (χ2v) is 5.88. The summed E-state index contributed by atoms with van der Waals surface area (Å²) in [6, 6.07) is 3.92. The molecule has 2 rings (SSSR count). The molecule has 1 heterocycles. The zero-order valence-electron chi connectivity index (χ0n) is 12.6. The minimum absolute atomic E-state index is 0.306. The van der Waals surface area contributed by atoms with Crippen LogP contribution in [0.25, 0.3) is 0 Å². The van der Waals surface area contributed by atoms with E-state index >= 15 is 0 Å². The molecule has 0 amide bonds. The van der Waals surface area contributed by atoms with E-state index in [0.29, 0.717) is 35.9 Å². The molecule has 1 aliphatic carbocycles. The number of ether oxygens (including phenoxy) is 1. The summed E-state index contributed by atoms with van der Waals surface area (Å²) in [6.07, 6.45) is 5.25. The number of hydrogen-bond acceptors (Lipinski definition) is 4. The van der Waals surface area contributed by atoms with E-state index < -0.39 is 0 Å². The Labute approximate surface area is 120 Å². The number of nitrogens with zero attached hydrogens (tertiary/aromatic N) is 1. The first-order chi connectivity index (χ1) is 9.60. The van der Waals surface area contributed by atoms with Gasteiger partial charge in [0.1, 0.15) is 11.4 Å². The van der Waals surface area contributed by atoms with E-state index in [1.165, 1.54) is 6.42 Å².